The Morgan fingerprint density at radius 3 is 2.71 bits per heavy atom. The Hall–Kier alpha value is -2.61. The molecule has 1 atom stereocenters. The van der Waals surface area contributed by atoms with Gasteiger partial charge in [-0.1, -0.05) is 37.6 Å². The number of aliphatic hydroxyl groups excluding tert-OH is 1. The summed E-state index contributed by atoms with van der Waals surface area (Å²) >= 11 is 6.58. The number of halogens is 1. The van der Waals surface area contributed by atoms with Crippen LogP contribution in [0.5, 0.6) is 5.75 Å². The van der Waals surface area contributed by atoms with Crippen molar-refractivity contribution in [3.63, 3.8) is 0 Å². The minimum Gasteiger partial charge on any atom is -0.461 e. The summed E-state index contributed by atoms with van der Waals surface area (Å²) in [6, 6.07) is 10.6. The molecule has 0 aliphatic carbocycles. The Labute approximate surface area is 185 Å². The quantitative estimate of drug-likeness (QED) is 0.385. The van der Waals surface area contributed by atoms with E-state index in [0.29, 0.717) is 33.9 Å². The van der Waals surface area contributed by atoms with Gasteiger partial charge in [-0.25, -0.2) is 13.4 Å². The minimum absolute atomic E-state index is 0.0184. The van der Waals surface area contributed by atoms with E-state index in [1.165, 1.54) is 0 Å². The number of aromatic amines is 1. The van der Waals surface area contributed by atoms with Crippen molar-refractivity contribution >= 4 is 43.4 Å². The van der Waals surface area contributed by atoms with Crippen LogP contribution in [0.4, 0.5) is 0 Å². The van der Waals surface area contributed by atoms with E-state index in [2.05, 4.69) is 9.97 Å². The molecule has 2 aromatic carbocycles. The molecule has 2 N–H and O–H groups in total. The highest BCUT2D eigenvalue weighted by Gasteiger charge is 2.21. The number of fused-ring (bicyclic) bond motifs is 3. The number of aliphatic hydroxyl groups is 1. The van der Waals surface area contributed by atoms with E-state index in [4.69, 9.17) is 16.3 Å². The lowest BCUT2D eigenvalue weighted by molar-refractivity contribution is -0.0180. The van der Waals surface area contributed by atoms with Crippen LogP contribution in [-0.4, -0.2) is 35.5 Å². The van der Waals surface area contributed by atoms with Gasteiger partial charge >= 0.3 is 0 Å². The molecule has 0 aliphatic rings. The molecule has 0 radical (unpaired) electrons. The maximum Gasteiger partial charge on any atom is 0.197 e. The lowest BCUT2D eigenvalue weighted by Gasteiger charge is -2.16. The minimum atomic E-state index is -3.37. The van der Waals surface area contributed by atoms with E-state index in [1.54, 1.807) is 44.3 Å². The van der Waals surface area contributed by atoms with Gasteiger partial charge in [-0.05, 0) is 47.9 Å². The standard InChI is InChI=1S/C23H23ClN2O4S/c1-4-19(27)30-22-18(24)11-16(14-7-6-8-15(10-14)31(28,29)5-2)20-17-9-13(3)12-25-23(17)26-21(20)22/h6-12,19,27H,4-5H2,1-3H3,(H,25,26). The second-order valence-corrected chi connectivity index (χ2v) is 10.1. The van der Waals surface area contributed by atoms with E-state index < -0.39 is 16.1 Å². The average molecular weight is 459 g/mol. The summed E-state index contributed by atoms with van der Waals surface area (Å²) in [6.45, 7) is 5.38. The van der Waals surface area contributed by atoms with Gasteiger partial charge in [0, 0.05) is 23.4 Å². The van der Waals surface area contributed by atoms with Crippen molar-refractivity contribution < 1.29 is 18.3 Å². The Morgan fingerprint density at radius 1 is 1.23 bits per heavy atom. The van der Waals surface area contributed by atoms with Gasteiger partial charge in [0.2, 0.25) is 0 Å². The van der Waals surface area contributed by atoms with Crippen molar-refractivity contribution in [1.29, 1.82) is 0 Å². The van der Waals surface area contributed by atoms with Crippen LogP contribution >= 0.6 is 11.6 Å². The number of benzene rings is 2. The van der Waals surface area contributed by atoms with Crippen molar-refractivity contribution in [2.75, 3.05) is 5.75 Å². The van der Waals surface area contributed by atoms with Crippen molar-refractivity contribution in [3.8, 4) is 16.9 Å². The first-order chi connectivity index (χ1) is 14.7. The summed E-state index contributed by atoms with van der Waals surface area (Å²) in [5.74, 6) is 0.354. The second-order valence-electron chi connectivity index (χ2n) is 7.43. The smallest absolute Gasteiger partial charge is 0.197 e. The summed E-state index contributed by atoms with van der Waals surface area (Å²) < 4.78 is 30.6. The molecule has 4 aromatic rings. The van der Waals surface area contributed by atoms with Gasteiger partial charge in [0.1, 0.15) is 5.65 Å². The predicted molar refractivity (Wildman–Crippen MR) is 123 cm³/mol. The molecule has 0 amide bonds. The Bertz CT molecular complexity index is 1400. The van der Waals surface area contributed by atoms with E-state index in [0.717, 1.165) is 21.9 Å². The van der Waals surface area contributed by atoms with Crippen molar-refractivity contribution in [2.45, 2.75) is 38.4 Å². The van der Waals surface area contributed by atoms with Crippen molar-refractivity contribution in [1.82, 2.24) is 9.97 Å². The number of hydrogen-bond acceptors (Lipinski definition) is 5. The van der Waals surface area contributed by atoms with Gasteiger partial charge in [0.25, 0.3) is 0 Å². The molecular weight excluding hydrogens is 436 g/mol. The largest absolute Gasteiger partial charge is 0.461 e. The first kappa shape index (κ1) is 21.6. The molecule has 8 heteroatoms. The molecule has 2 heterocycles. The monoisotopic (exact) mass is 458 g/mol. The zero-order chi connectivity index (χ0) is 22.3. The lowest BCUT2D eigenvalue weighted by atomic mass is 9.99. The van der Waals surface area contributed by atoms with Gasteiger partial charge < -0.3 is 14.8 Å². The SMILES string of the molecule is CCC(O)Oc1c(Cl)cc(-c2cccc(S(=O)(=O)CC)c2)c2c1[nH]c1ncc(C)cc12. The molecule has 162 valence electrons. The first-order valence-electron chi connectivity index (χ1n) is 10.0. The number of nitrogens with zero attached hydrogens (tertiary/aromatic N) is 1. The van der Waals surface area contributed by atoms with Gasteiger partial charge in [-0.2, -0.15) is 0 Å². The first-order valence-corrected chi connectivity index (χ1v) is 12.1. The molecule has 2 aromatic heterocycles. The van der Waals surface area contributed by atoms with E-state index in [-0.39, 0.29) is 10.6 Å². The number of pyridine rings is 1. The molecule has 6 nitrogen and oxygen atoms in total. The molecule has 0 saturated heterocycles. The molecule has 0 bridgehead atoms. The average Bonchev–Trinajstić information content (AvgIpc) is 3.14. The Balaban J connectivity index is 2.07. The maximum absolute atomic E-state index is 12.4. The molecule has 0 aliphatic heterocycles. The van der Waals surface area contributed by atoms with Crippen molar-refractivity contribution in [3.05, 3.63) is 53.2 Å². The van der Waals surface area contributed by atoms with Gasteiger partial charge in [-0.15, -0.1) is 0 Å². The number of aromatic nitrogens is 2. The highest BCUT2D eigenvalue weighted by molar-refractivity contribution is 7.91. The molecule has 0 spiro atoms. The van der Waals surface area contributed by atoms with Crippen molar-refractivity contribution in [2.24, 2.45) is 0 Å². The number of ether oxygens (including phenoxy) is 1. The van der Waals surface area contributed by atoms with Gasteiger partial charge in [-0.3, -0.25) is 0 Å². The van der Waals surface area contributed by atoms with Crippen LogP contribution in [0.3, 0.4) is 0 Å². The summed E-state index contributed by atoms with van der Waals surface area (Å²) in [5, 5.41) is 12.1. The fourth-order valence-electron chi connectivity index (χ4n) is 3.59. The van der Waals surface area contributed by atoms with Gasteiger partial charge in [0.15, 0.2) is 21.9 Å². The van der Waals surface area contributed by atoms with E-state index >= 15 is 0 Å². The number of nitrogens with one attached hydrogen (secondary N) is 1. The highest BCUT2D eigenvalue weighted by Crippen LogP contribution is 2.44. The molecule has 0 saturated carbocycles. The van der Waals surface area contributed by atoms with Crippen LogP contribution in [0.1, 0.15) is 25.8 Å². The highest BCUT2D eigenvalue weighted by atomic mass is 35.5. The summed E-state index contributed by atoms with van der Waals surface area (Å²) in [4.78, 5) is 8.00. The molecular formula is C23H23ClN2O4S. The summed E-state index contributed by atoms with van der Waals surface area (Å²) in [7, 11) is -3.37. The zero-order valence-electron chi connectivity index (χ0n) is 17.4. The van der Waals surface area contributed by atoms with Crippen LogP contribution in [0.15, 0.2) is 47.5 Å². The molecule has 4 rings (SSSR count). The van der Waals surface area contributed by atoms with Gasteiger partial charge in [0.05, 0.1) is 21.2 Å². The number of H-pyrrole nitrogens is 1. The number of rotatable bonds is 6. The topological polar surface area (TPSA) is 92.3 Å². The van der Waals surface area contributed by atoms with Crippen LogP contribution in [0.25, 0.3) is 33.1 Å². The van der Waals surface area contributed by atoms with Crippen LogP contribution in [0, 0.1) is 6.92 Å². The Morgan fingerprint density at radius 2 is 2.00 bits per heavy atom. The predicted octanol–water partition coefficient (Wildman–Crippen LogP) is 5.25. The summed E-state index contributed by atoms with van der Waals surface area (Å²) in [5.41, 5.74) is 3.70. The third-order valence-electron chi connectivity index (χ3n) is 5.26. The fourth-order valence-corrected chi connectivity index (χ4v) is 4.77. The summed E-state index contributed by atoms with van der Waals surface area (Å²) in [6.07, 6.45) is 1.15. The third-order valence-corrected chi connectivity index (χ3v) is 7.27. The normalized spacial score (nSPS) is 13.1. The van der Waals surface area contributed by atoms with Crippen LogP contribution in [-0.2, 0) is 9.84 Å². The molecule has 0 fully saturated rings. The van der Waals surface area contributed by atoms with E-state index in [1.807, 2.05) is 19.1 Å². The third kappa shape index (κ3) is 3.89. The Kier molecular flexibility index (Phi) is 5.68. The molecule has 1 unspecified atom stereocenters. The molecule has 31 heavy (non-hydrogen) atoms. The second kappa shape index (κ2) is 8.15. The van der Waals surface area contributed by atoms with Crippen LogP contribution in [0.2, 0.25) is 5.02 Å². The fraction of sp³-hybridized carbons (Fsp3) is 0.261. The number of aryl methyl sites for hydroxylation is 1. The lowest BCUT2D eigenvalue weighted by Crippen LogP contribution is -2.14. The van der Waals surface area contributed by atoms with Crippen LogP contribution < -0.4 is 4.74 Å². The van der Waals surface area contributed by atoms with E-state index in [9.17, 15) is 13.5 Å². The zero-order valence-corrected chi connectivity index (χ0v) is 19.0. The number of hydrogen-bond donors (Lipinski definition) is 2. The maximum atomic E-state index is 12.4. The number of sulfone groups is 1.